The number of benzene rings is 1. The predicted molar refractivity (Wildman–Crippen MR) is 90.5 cm³/mol. The van der Waals surface area contributed by atoms with Gasteiger partial charge in [-0.05, 0) is 53.8 Å². The van der Waals surface area contributed by atoms with Crippen molar-refractivity contribution in [1.29, 1.82) is 0 Å². The van der Waals surface area contributed by atoms with Crippen molar-refractivity contribution >= 4 is 39.4 Å². The highest BCUT2D eigenvalue weighted by atomic mass is 35.5. The lowest BCUT2D eigenvalue weighted by Crippen LogP contribution is -2.23. The summed E-state index contributed by atoms with van der Waals surface area (Å²) in [6, 6.07) is 5.16. The first-order chi connectivity index (χ1) is 9.62. The van der Waals surface area contributed by atoms with E-state index in [1.165, 1.54) is 41.5 Å². The van der Waals surface area contributed by atoms with Crippen molar-refractivity contribution in [3.63, 3.8) is 0 Å². The third-order valence-electron chi connectivity index (χ3n) is 5.10. The number of hydrogen-bond acceptors (Lipinski definition) is 2. The van der Waals surface area contributed by atoms with Gasteiger partial charge >= 0.3 is 0 Å². The summed E-state index contributed by atoms with van der Waals surface area (Å²) in [5, 5.41) is 6.87. The Labute approximate surface area is 134 Å². The topological polar surface area (TPSA) is 12.0 Å². The lowest BCUT2D eigenvalue weighted by atomic mass is 9.83. The number of hydrogen-bond donors (Lipinski definition) is 1. The zero-order chi connectivity index (χ0) is 13.9. The molecule has 1 fully saturated rings. The Bertz CT molecular complexity index is 735. The van der Waals surface area contributed by atoms with Crippen molar-refractivity contribution in [1.82, 2.24) is 5.32 Å². The molecule has 1 N–H and O–H groups in total. The number of thiophene rings is 1. The summed E-state index contributed by atoms with van der Waals surface area (Å²) in [5.74, 6) is 0.527. The fourth-order valence-corrected chi connectivity index (χ4v) is 5.23. The van der Waals surface area contributed by atoms with Crippen LogP contribution in [0, 0.1) is 17.2 Å². The van der Waals surface area contributed by atoms with E-state index in [0.717, 1.165) is 4.70 Å². The van der Waals surface area contributed by atoms with E-state index in [-0.39, 0.29) is 18.2 Å². The van der Waals surface area contributed by atoms with E-state index in [1.807, 2.05) is 13.1 Å². The second-order valence-corrected chi connectivity index (χ2v) is 7.24. The SMILES string of the molecule is CNC1=C(c2csc3cc(F)ccc23)[C@@H]2CC[C@@]1(C)C2.Cl. The van der Waals surface area contributed by atoms with Gasteiger partial charge in [0.25, 0.3) is 0 Å². The summed E-state index contributed by atoms with van der Waals surface area (Å²) >= 11 is 1.65. The third-order valence-corrected chi connectivity index (χ3v) is 6.05. The molecule has 1 aromatic carbocycles. The Morgan fingerprint density at radius 2 is 2.19 bits per heavy atom. The number of allylic oxidation sites excluding steroid dienone is 2. The maximum atomic E-state index is 13.4. The summed E-state index contributed by atoms with van der Waals surface area (Å²) in [6.45, 7) is 2.38. The fraction of sp³-hybridized carbons (Fsp3) is 0.412. The zero-order valence-electron chi connectivity index (χ0n) is 12.2. The highest BCUT2D eigenvalue weighted by molar-refractivity contribution is 7.17. The molecule has 1 nitrogen and oxygen atoms in total. The van der Waals surface area contributed by atoms with Gasteiger partial charge in [0, 0.05) is 28.2 Å². The summed E-state index contributed by atoms with van der Waals surface area (Å²) in [6.07, 6.45) is 3.83. The van der Waals surface area contributed by atoms with Gasteiger partial charge < -0.3 is 5.32 Å². The smallest absolute Gasteiger partial charge is 0.124 e. The molecule has 2 bridgehead atoms. The molecule has 2 aliphatic rings. The summed E-state index contributed by atoms with van der Waals surface area (Å²) in [4.78, 5) is 0. The van der Waals surface area contributed by atoms with Gasteiger partial charge in [0.1, 0.15) is 5.82 Å². The molecular weight excluding hydrogens is 305 g/mol. The van der Waals surface area contributed by atoms with Crippen LogP contribution in [-0.2, 0) is 0 Å². The summed E-state index contributed by atoms with van der Waals surface area (Å²) < 4.78 is 14.4. The lowest BCUT2D eigenvalue weighted by Gasteiger charge is -2.27. The zero-order valence-corrected chi connectivity index (χ0v) is 13.8. The van der Waals surface area contributed by atoms with Crippen LogP contribution in [0.15, 0.2) is 29.3 Å². The first kappa shape index (κ1) is 14.9. The molecule has 1 aromatic heterocycles. The second-order valence-electron chi connectivity index (χ2n) is 6.33. The van der Waals surface area contributed by atoms with Gasteiger partial charge in [0.15, 0.2) is 0 Å². The van der Waals surface area contributed by atoms with Crippen LogP contribution in [0.25, 0.3) is 15.7 Å². The molecular formula is C17H19ClFNS. The van der Waals surface area contributed by atoms with Gasteiger partial charge in [-0.1, -0.05) is 13.0 Å². The van der Waals surface area contributed by atoms with Gasteiger partial charge in [-0.3, -0.25) is 0 Å². The monoisotopic (exact) mass is 323 g/mol. The van der Waals surface area contributed by atoms with Crippen molar-refractivity contribution in [2.24, 2.45) is 11.3 Å². The van der Waals surface area contributed by atoms with Crippen molar-refractivity contribution in [3.8, 4) is 0 Å². The van der Waals surface area contributed by atoms with Crippen LogP contribution in [0.5, 0.6) is 0 Å². The first-order valence-electron chi connectivity index (χ1n) is 7.22. The molecule has 0 amide bonds. The number of fused-ring (bicyclic) bond motifs is 3. The number of nitrogens with one attached hydrogen (secondary N) is 1. The molecule has 21 heavy (non-hydrogen) atoms. The van der Waals surface area contributed by atoms with Gasteiger partial charge in [-0.15, -0.1) is 23.7 Å². The molecule has 4 heteroatoms. The van der Waals surface area contributed by atoms with Crippen LogP contribution in [-0.4, -0.2) is 7.05 Å². The van der Waals surface area contributed by atoms with Gasteiger partial charge in [0.05, 0.1) is 0 Å². The fourth-order valence-electron chi connectivity index (χ4n) is 4.25. The molecule has 0 spiro atoms. The third kappa shape index (κ3) is 2.01. The Morgan fingerprint density at radius 1 is 1.38 bits per heavy atom. The molecule has 0 unspecified atom stereocenters. The predicted octanol–water partition coefficient (Wildman–Crippen LogP) is 5.21. The normalized spacial score (nSPS) is 27.3. The largest absolute Gasteiger partial charge is 0.391 e. The van der Waals surface area contributed by atoms with E-state index in [0.29, 0.717) is 11.3 Å². The molecule has 0 aliphatic heterocycles. The van der Waals surface area contributed by atoms with Gasteiger partial charge in [-0.25, -0.2) is 4.39 Å². The highest BCUT2D eigenvalue weighted by Crippen LogP contribution is 2.59. The van der Waals surface area contributed by atoms with E-state index in [1.54, 1.807) is 23.5 Å². The molecule has 2 atom stereocenters. The van der Waals surface area contributed by atoms with Gasteiger partial charge in [-0.2, -0.15) is 0 Å². The lowest BCUT2D eigenvalue weighted by molar-refractivity contribution is 0.404. The molecule has 0 radical (unpaired) electrons. The van der Waals surface area contributed by atoms with Gasteiger partial charge in [0.2, 0.25) is 0 Å². The van der Waals surface area contributed by atoms with Crippen LogP contribution in [0.1, 0.15) is 31.7 Å². The minimum atomic E-state index is -0.145. The summed E-state index contributed by atoms with van der Waals surface area (Å²) in [7, 11) is 2.04. The Kier molecular flexibility index (Phi) is 3.53. The Morgan fingerprint density at radius 3 is 2.95 bits per heavy atom. The van der Waals surface area contributed by atoms with Crippen molar-refractivity contribution in [2.45, 2.75) is 26.2 Å². The minimum Gasteiger partial charge on any atom is -0.391 e. The molecule has 1 saturated carbocycles. The van der Waals surface area contributed by atoms with Crippen molar-refractivity contribution < 1.29 is 4.39 Å². The Balaban J connectivity index is 0.00000132. The molecule has 2 aliphatic carbocycles. The Hall–Kier alpha value is -1.06. The van der Waals surface area contributed by atoms with E-state index in [2.05, 4.69) is 17.6 Å². The number of halogens is 2. The van der Waals surface area contributed by atoms with Crippen LogP contribution in [0.3, 0.4) is 0 Å². The van der Waals surface area contributed by atoms with Crippen LogP contribution in [0.2, 0.25) is 0 Å². The first-order valence-corrected chi connectivity index (χ1v) is 8.10. The second kappa shape index (κ2) is 4.99. The van der Waals surface area contributed by atoms with E-state index in [4.69, 9.17) is 0 Å². The van der Waals surface area contributed by atoms with Crippen LogP contribution < -0.4 is 5.32 Å². The highest BCUT2D eigenvalue weighted by Gasteiger charge is 2.48. The van der Waals surface area contributed by atoms with Crippen LogP contribution >= 0.6 is 23.7 Å². The van der Waals surface area contributed by atoms with Crippen LogP contribution in [0.4, 0.5) is 4.39 Å². The maximum Gasteiger partial charge on any atom is 0.124 e. The number of rotatable bonds is 2. The van der Waals surface area contributed by atoms with Crippen molar-refractivity contribution in [2.75, 3.05) is 7.05 Å². The van der Waals surface area contributed by atoms with E-state index < -0.39 is 0 Å². The minimum absolute atomic E-state index is 0. The maximum absolute atomic E-state index is 13.4. The molecule has 2 aromatic rings. The standard InChI is InChI=1S/C17H18FNS.ClH/c1-17-6-5-10(8-17)15(16(17)19-2)13-9-20-14-7-11(18)3-4-12(13)14;/h3-4,7,9-10,19H,5-6,8H2,1-2H3;1H/t10-,17+;/m1./s1. The molecule has 1 heterocycles. The van der Waals surface area contributed by atoms with Crippen molar-refractivity contribution in [3.05, 3.63) is 40.7 Å². The average molecular weight is 324 g/mol. The molecule has 112 valence electrons. The summed E-state index contributed by atoms with van der Waals surface area (Å²) in [5.41, 5.74) is 4.54. The average Bonchev–Trinajstić information content (AvgIpc) is 3.06. The molecule has 4 rings (SSSR count). The van der Waals surface area contributed by atoms with E-state index >= 15 is 0 Å². The quantitative estimate of drug-likeness (QED) is 0.799. The molecule has 0 saturated heterocycles. The van der Waals surface area contributed by atoms with E-state index in [9.17, 15) is 4.39 Å².